The molecule has 0 bridgehead atoms. The van der Waals surface area contributed by atoms with Crippen LogP contribution in [-0.2, 0) is 0 Å². The van der Waals surface area contributed by atoms with E-state index < -0.39 is 45.6 Å². The smallest absolute Gasteiger partial charge is 0.273 e. The number of nitrogens with one attached hydrogen (secondary N) is 2. The second kappa shape index (κ2) is 11.6. The number of nitro benzene ring substituents is 1. The Labute approximate surface area is 234 Å². The molecule has 1 aliphatic rings. The Bertz CT molecular complexity index is 1510. The van der Waals surface area contributed by atoms with Crippen LogP contribution < -0.4 is 20.4 Å². The Balaban J connectivity index is 1.39. The van der Waals surface area contributed by atoms with Crippen molar-refractivity contribution in [3.05, 3.63) is 91.7 Å². The van der Waals surface area contributed by atoms with Gasteiger partial charge in [-0.2, -0.15) is 0 Å². The van der Waals surface area contributed by atoms with E-state index in [1.54, 1.807) is 24.0 Å². The van der Waals surface area contributed by atoms with Gasteiger partial charge in [0.25, 0.3) is 11.6 Å². The number of piperazine rings is 1. The molecule has 0 atom stereocenters. The van der Waals surface area contributed by atoms with Crippen molar-refractivity contribution < 1.29 is 31.7 Å². The van der Waals surface area contributed by atoms with E-state index in [2.05, 4.69) is 10.6 Å². The van der Waals surface area contributed by atoms with Gasteiger partial charge in [0.15, 0.2) is 28.4 Å². The van der Waals surface area contributed by atoms with Gasteiger partial charge < -0.3 is 15.1 Å². The van der Waals surface area contributed by atoms with Gasteiger partial charge in [-0.1, -0.05) is 17.7 Å². The fourth-order valence-electron chi connectivity index (χ4n) is 4.17. The van der Waals surface area contributed by atoms with E-state index in [0.29, 0.717) is 16.9 Å². The normalized spacial score (nSPS) is 13.3. The Morgan fingerprint density at radius 2 is 1.50 bits per heavy atom. The van der Waals surface area contributed by atoms with Crippen molar-refractivity contribution in [1.82, 2.24) is 5.32 Å². The molecule has 1 heterocycles. The van der Waals surface area contributed by atoms with Gasteiger partial charge >= 0.3 is 0 Å². The Kier molecular flexibility index (Phi) is 8.40. The summed E-state index contributed by atoms with van der Waals surface area (Å²) in [7, 11) is 0. The van der Waals surface area contributed by atoms with Crippen molar-refractivity contribution in [2.75, 3.05) is 41.3 Å². The topological polar surface area (TPSA) is 90.8 Å². The summed E-state index contributed by atoms with van der Waals surface area (Å²) in [5.41, 5.74) is 0.218. The molecule has 0 radical (unpaired) electrons. The summed E-state index contributed by atoms with van der Waals surface area (Å²) in [5.74, 6) is -10.6. The van der Waals surface area contributed by atoms with Gasteiger partial charge in [-0.25, -0.2) is 22.0 Å². The van der Waals surface area contributed by atoms with Crippen LogP contribution in [0.2, 0.25) is 5.02 Å². The van der Waals surface area contributed by atoms with Gasteiger partial charge in [-0.3, -0.25) is 20.2 Å². The fourth-order valence-corrected chi connectivity index (χ4v) is 4.68. The van der Waals surface area contributed by atoms with E-state index in [-0.39, 0.29) is 47.6 Å². The number of hydrogen-bond acceptors (Lipinski definition) is 6. The van der Waals surface area contributed by atoms with Crippen LogP contribution in [0.25, 0.3) is 0 Å². The first-order chi connectivity index (χ1) is 18.9. The van der Waals surface area contributed by atoms with Crippen molar-refractivity contribution >= 4 is 57.6 Å². The predicted octanol–water partition coefficient (Wildman–Crippen LogP) is 5.71. The predicted molar refractivity (Wildman–Crippen MR) is 144 cm³/mol. The highest BCUT2D eigenvalue weighted by Gasteiger charge is 2.31. The van der Waals surface area contributed by atoms with Crippen molar-refractivity contribution in [2.45, 2.75) is 6.92 Å². The zero-order valence-electron chi connectivity index (χ0n) is 20.5. The van der Waals surface area contributed by atoms with E-state index >= 15 is 0 Å². The summed E-state index contributed by atoms with van der Waals surface area (Å²) in [5, 5.41) is 16.5. The van der Waals surface area contributed by atoms with Gasteiger partial charge in [-0.15, -0.1) is 0 Å². The van der Waals surface area contributed by atoms with Gasteiger partial charge in [0.05, 0.1) is 15.6 Å². The third kappa shape index (κ3) is 5.77. The molecule has 2 N–H and O–H groups in total. The van der Waals surface area contributed by atoms with Crippen LogP contribution in [0.4, 0.5) is 44.7 Å². The quantitative estimate of drug-likeness (QED) is 0.0970. The zero-order chi connectivity index (χ0) is 29.3. The molecular weight excluding hydrogens is 581 g/mol. The molecule has 40 heavy (non-hydrogen) atoms. The molecule has 3 aromatic rings. The van der Waals surface area contributed by atoms with Crippen LogP contribution in [-0.4, -0.2) is 42.1 Å². The number of amides is 1. The minimum Gasteiger partial charge on any atom is -0.367 e. The highest BCUT2D eigenvalue weighted by Crippen LogP contribution is 2.33. The first-order valence-electron chi connectivity index (χ1n) is 11.6. The third-order valence-electron chi connectivity index (χ3n) is 6.22. The second-order valence-corrected chi connectivity index (χ2v) is 9.54. The van der Waals surface area contributed by atoms with Crippen molar-refractivity contribution in [2.24, 2.45) is 0 Å². The number of aryl methyl sites for hydroxylation is 1. The Morgan fingerprint density at radius 1 is 0.925 bits per heavy atom. The standard InChI is InChI=1S/C25H19ClF5N5O3S/c1-12-2-3-13(10-17(12)36(38)39)24(37)33-25(40)32-14-4-5-16(15(26)11-14)34-6-8-35(9-7-34)23-21(30)19(28)18(27)20(29)22(23)31/h2-5,10-11H,6-9H2,1H3,(H2,32,33,37,40). The lowest BCUT2D eigenvalue weighted by molar-refractivity contribution is -0.385. The maximum atomic E-state index is 14.2. The molecular formula is C25H19ClF5N5O3S. The maximum Gasteiger partial charge on any atom is 0.273 e. The molecule has 0 spiro atoms. The van der Waals surface area contributed by atoms with Gasteiger partial charge in [0.1, 0.15) is 5.69 Å². The molecule has 0 saturated carbocycles. The third-order valence-corrected chi connectivity index (χ3v) is 6.73. The molecule has 4 rings (SSSR count). The maximum absolute atomic E-state index is 14.2. The largest absolute Gasteiger partial charge is 0.367 e. The van der Waals surface area contributed by atoms with Gasteiger partial charge in [0, 0.05) is 49.1 Å². The van der Waals surface area contributed by atoms with Crippen LogP contribution in [0, 0.1) is 46.1 Å². The Hall–Kier alpha value is -4.04. The highest BCUT2D eigenvalue weighted by molar-refractivity contribution is 7.80. The van der Waals surface area contributed by atoms with E-state index in [4.69, 9.17) is 23.8 Å². The molecule has 15 heteroatoms. The van der Waals surface area contributed by atoms with Crippen LogP contribution in [0.15, 0.2) is 36.4 Å². The van der Waals surface area contributed by atoms with Gasteiger partial charge in [0.2, 0.25) is 5.82 Å². The van der Waals surface area contributed by atoms with Gasteiger partial charge in [-0.05, 0) is 43.4 Å². The van der Waals surface area contributed by atoms with Crippen molar-refractivity contribution in [1.29, 1.82) is 0 Å². The van der Waals surface area contributed by atoms with Crippen LogP contribution in [0.1, 0.15) is 15.9 Å². The molecule has 210 valence electrons. The molecule has 8 nitrogen and oxygen atoms in total. The molecule has 3 aromatic carbocycles. The van der Waals surface area contributed by atoms with E-state index in [0.717, 1.165) is 11.0 Å². The summed E-state index contributed by atoms with van der Waals surface area (Å²) in [6.07, 6.45) is 0. The number of rotatable bonds is 5. The molecule has 0 aromatic heterocycles. The number of carbonyl (C=O) groups is 1. The van der Waals surface area contributed by atoms with E-state index in [9.17, 15) is 36.9 Å². The Morgan fingerprint density at radius 3 is 2.08 bits per heavy atom. The molecule has 0 aliphatic carbocycles. The van der Waals surface area contributed by atoms with Crippen molar-refractivity contribution in [3.8, 4) is 0 Å². The number of halogens is 6. The first kappa shape index (κ1) is 29.0. The fraction of sp³-hybridized carbons (Fsp3) is 0.200. The first-order valence-corrected chi connectivity index (χ1v) is 12.4. The lowest BCUT2D eigenvalue weighted by atomic mass is 10.1. The number of benzene rings is 3. The number of hydrogen-bond donors (Lipinski definition) is 2. The molecule has 0 unspecified atom stereocenters. The summed E-state index contributed by atoms with van der Waals surface area (Å²) in [6.45, 7) is 1.81. The van der Waals surface area contributed by atoms with E-state index in [1.807, 2.05) is 0 Å². The minimum atomic E-state index is -2.21. The minimum absolute atomic E-state index is 0.0397. The second-order valence-electron chi connectivity index (χ2n) is 8.73. The lowest BCUT2D eigenvalue weighted by Gasteiger charge is -2.38. The summed E-state index contributed by atoms with van der Waals surface area (Å²) in [6, 6.07) is 8.77. The highest BCUT2D eigenvalue weighted by atomic mass is 35.5. The zero-order valence-corrected chi connectivity index (χ0v) is 22.1. The molecule has 1 aliphatic heterocycles. The van der Waals surface area contributed by atoms with Crippen LogP contribution in [0.3, 0.4) is 0 Å². The SMILES string of the molecule is Cc1ccc(C(=O)NC(=S)Nc2ccc(N3CCN(c4c(F)c(F)c(F)c(F)c4F)CC3)c(Cl)c2)cc1[N+](=O)[O-]. The average Bonchev–Trinajstić information content (AvgIpc) is 2.91. The van der Waals surface area contributed by atoms with Crippen LogP contribution >= 0.6 is 23.8 Å². The van der Waals surface area contributed by atoms with Crippen molar-refractivity contribution in [3.63, 3.8) is 0 Å². The lowest BCUT2D eigenvalue weighted by Crippen LogP contribution is -2.47. The van der Waals surface area contributed by atoms with Crippen LogP contribution in [0.5, 0.6) is 0 Å². The molecule has 1 saturated heterocycles. The molecule has 1 amide bonds. The summed E-state index contributed by atoms with van der Waals surface area (Å²) in [4.78, 5) is 25.9. The summed E-state index contributed by atoms with van der Waals surface area (Å²) < 4.78 is 69.0. The average molecular weight is 600 g/mol. The number of nitrogens with zero attached hydrogens (tertiary/aromatic N) is 3. The monoisotopic (exact) mass is 599 g/mol. The number of nitro groups is 1. The number of carbonyl (C=O) groups excluding carboxylic acids is 1. The number of anilines is 3. The summed E-state index contributed by atoms with van der Waals surface area (Å²) >= 11 is 11.6. The molecule has 1 fully saturated rings. The number of thiocarbonyl (C=S) groups is 1. The van der Waals surface area contributed by atoms with E-state index in [1.165, 1.54) is 18.2 Å².